The molecule has 1 fully saturated rings. The molecule has 0 spiro atoms. The molecule has 1 heterocycles. The second-order valence-electron chi connectivity index (χ2n) is 6.07. The summed E-state index contributed by atoms with van der Waals surface area (Å²) in [5, 5.41) is 16.0. The minimum Gasteiger partial charge on any atom is -0.480 e. The van der Waals surface area contributed by atoms with Gasteiger partial charge in [-0.1, -0.05) is 20.8 Å². The molecule has 0 radical (unpaired) electrons. The molecule has 0 aromatic carbocycles. The third kappa shape index (κ3) is 3.62. The molecule has 21 heavy (non-hydrogen) atoms. The molecule has 1 amide bonds. The topological polar surface area (TPSA) is 84.2 Å². The highest BCUT2D eigenvalue weighted by Gasteiger charge is 2.33. The Hall–Kier alpha value is -1.85. The summed E-state index contributed by atoms with van der Waals surface area (Å²) in [6, 6.07) is -0.849. The molecule has 1 aliphatic carbocycles. The zero-order valence-electron chi connectivity index (χ0n) is 12.8. The molecule has 1 aromatic heterocycles. The number of hydrogen-bond donors (Lipinski definition) is 2. The molecule has 2 N–H and O–H groups in total. The van der Waals surface area contributed by atoms with Crippen LogP contribution in [0.1, 0.15) is 62.0 Å². The van der Waals surface area contributed by atoms with Gasteiger partial charge in [0.2, 0.25) is 0 Å². The molecule has 1 aliphatic rings. The van der Waals surface area contributed by atoms with E-state index in [0.29, 0.717) is 23.8 Å². The molecule has 0 saturated heterocycles. The van der Waals surface area contributed by atoms with Gasteiger partial charge in [-0.2, -0.15) is 5.10 Å². The van der Waals surface area contributed by atoms with Gasteiger partial charge in [-0.25, -0.2) is 4.79 Å². The van der Waals surface area contributed by atoms with Gasteiger partial charge in [0, 0.05) is 12.5 Å². The van der Waals surface area contributed by atoms with Crippen LogP contribution in [-0.4, -0.2) is 32.8 Å². The molecule has 0 bridgehead atoms. The molecule has 6 heteroatoms. The number of nitrogens with zero attached hydrogens (tertiary/aromatic N) is 2. The maximum Gasteiger partial charge on any atom is 0.326 e. The molecule has 1 unspecified atom stereocenters. The summed E-state index contributed by atoms with van der Waals surface area (Å²) in [6.07, 6.45) is 4.07. The van der Waals surface area contributed by atoms with E-state index in [2.05, 4.69) is 24.3 Å². The Bertz CT molecular complexity index is 532. The Balaban J connectivity index is 2.20. The van der Waals surface area contributed by atoms with Gasteiger partial charge in [-0.3, -0.25) is 9.48 Å². The van der Waals surface area contributed by atoms with E-state index in [1.807, 2.05) is 4.68 Å². The lowest BCUT2D eigenvalue weighted by atomic mass is 10.1. The first-order valence-corrected chi connectivity index (χ1v) is 7.53. The zero-order chi connectivity index (χ0) is 15.6. The van der Waals surface area contributed by atoms with Crippen LogP contribution in [0.2, 0.25) is 0 Å². The maximum atomic E-state index is 12.3. The minimum absolute atomic E-state index is 0.332. The molecule has 1 atom stereocenters. The standard InChI is InChI=1S/C15H23N3O3/c1-4-12(15(20)21)17-14(19)11-7-16-18(8-9(2)3)13(11)10-5-6-10/h7,9-10,12H,4-6,8H2,1-3H3,(H,17,19)(H,20,21). The highest BCUT2D eigenvalue weighted by Crippen LogP contribution is 2.41. The Morgan fingerprint density at radius 3 is 2.62 bits per heavy atom. The van der Waals surface area contributed by atoms with Crippen molar-refractivity contribution in [3.05, 3.63) is 17.5 Å². The monoisotopic (exact) mass is 293 g/mol. The lowest BCUT2D eigenvalue weighted by molar-refractivity contribution is -0.139. The summed E-state index contributed by atoms with van der Waals surface area (Å²) in [6.45, 7) is 6.73. The Kier molecular flexibility index (Phi) is 4.65. The Labute approximate surface area is 124 Å². The predicted molar refractivity (Wildman–Crippen MR) is 78.2 cm³/mol. The maximum absolute atomic E-state index is 12.3. The lowest BCUT2D eigenvalue weighted by Crippen LogP contribution is -2.40. The van der Waals surface area contributed by atoms with Crippen molar-refractivity contribution in [2.45, 2.75) is 58.5 Å². The van der Waals surface area contributed by atoms with Crippen LogP contribution < -0.4 is 5.32 Å². The average molecular weight is 293 g/mol. The van der Waals surface area contributed by atoms with Crippen LogP contribution >= 0.6 is 0 Å². The van der Waals surface area contributed by atoms with E-state index in [1.165, 1.54) is 0 Å². The molecule has 2 rings (SSSR count). The van der Waals surface area contributed by atoms with Gasteiger partial charge in [0.05, 0.1) is 17.5 Å². The van der Waals surface area contributed by atoms with Crippen molar-refractivity contribution >= 4 is 11.9 Å². The summed E-state index contributed by atoms with van der Waals surface area (Å²) in [7, 11) is 0. The third-order valence-corrected chi connectivity index (χ3v) is 3.64. The largest absolute Gasteiger partial charge is 0.480 e. The number of nitrogens with one attached hydrogen (secondary N) is 1. The van der Waals surface area contributed by atoms with Gasteiger partial charge in [0.1, 0.15) is 6.04 Å². The summed E-state index contributed by atoms with van der Waals surface area (Å²) >= 11 is 0. The van der Waals surface area contributed by atoms with E-state index in [9.17, 15) is 9.59 Å². The third-order valence-electron chi connectivity index (χ3n) is 3.64. The summed E-state index contributed by atoms with van der Waals surface area (Å²) in [4.78, 5) is 23.4. The molecule has 1 aromatic rings. The number of amides is 1. The van der Waals surface area contributed by atoms with Crippen molar-refractivity contribution in [1.82, 2.24) is 15.1 Å². The quantitative estimate of drug-likeness (QED) is 0.805. The van der Waals surface area contributed by atoms with Crippen LogP contribution in [0.15, 0.2) is 6.20 Å². The second-order valence-corrected chi connectivity index (χ2v) is 6.07. The van der Waals surface area contributed by atoms with E-state index < -0.39 is 12.0 Å². The van der Waals surface area contributed by atoms with Gasteiger partial charge in [-0.05, 0) is 25.2 Å². The fourth-order valence-corrected chi connectivity index (χ4v) is 2.42. The van der Waals surface area contributed by atoms with Crippen molar-refractivity contribution in [3.8, 4) is 0 Å². The van der Waals surface area contributed by atoms with Crippen molar-refractivity contribution in [2.24, 2.45) is 5.92 Å². The highest BCUT2D eigenvalue weighted by atomic mass is 16.4. The van der Waals surface area contributed by atoms with Crippen LogP contribution in [0.5, 0.6) is 0 Å². The first kappa shape index (κ1) is 15.5. The van der Waals surface area contributed by atoms with E-state index in [0.717, 1.165) is 25.1 Å². The van der Waals surface area contributed by atoms with Gasteiger partial charge < -0.3 is 10.4 Å². The number of carbonyl (C=O) groups is 2. The second kappa shape index (κ2) is 6.28. The van der Waals surface area contributed by atoms with Gasteiger partial charge in [0.25, 0.3) is 5.91 Å². The number of carboxylic acid groups (broad SMARTS) is 1. The van der Waals surface area contributed by atoms with Crippen LogP contribution in [-0.2, 0) is 11.3 Å². The number of carboxylic acids is 1. The van der Waals surface area contributed by atoms with Gasteiger partial charge in [0.15, 0.2) is 0 Å². The van der Waals surface area contributed by atoms with Crippen molar-refractivity contribution in [1.29, 1.82) is 0 Å². The predicted octanol–water partition coefficient (Wildman–Crippen LogP) is 2.01. The number of hydrogen-bond acceptors (Lipinski definition) is 3. The Morgan fingerprint density at radius 2 is 2.14 bits per heavy atom. The smallest absolute Gasteiger partial charge is 0.326 e. The first-order chi connectivity index (χ1) is 9.93. The highest BCUT2D eigenvalue weighted by molar-refractivity contribution is 5.97. The SMILES string of the molecule is CCC(NC(=O)c1cnn(CC(C)C)c1C1CC1)C(=O)O. The molecule has 116 valence electrons. The molecule has 1 saturated carbocycles. The molecule has 0 aliphatic heterocycles. The van der Waals surface area contributed by atoms with Gasteiger partial charge >= 0.3 is 5.97 Å². The van der Waals surface area contributed by atoms with Crippen LogP contribution in [0.4, 0.5) is 0 Å². The van der Waals surface area contributed by atoms with E-state index >= 15 is 0 Å². The van der Waals surface area contributed by atoms with Crippen LogP contribution in [0.3, 0.4) is 0 Å². The number of carbonyl (C=O) groups excluding carboxylic acids is 1. The van der Waals surface area contributed by atoms with Crippen LogP contribution in [0.25, 0.3) is 0 Å². The Morgan fingerprint density at radius 1 is 1.48 bits per heavy atom. The average Bonchev–Trinajstić information content (AvgIpc) is 3.16. The fourth-order valence-electron chi connectivity index (χ4n) is 2.42. The van der Waals surface area contributed by atoms with Crippen LogP contribution in [0, 0.1) is 5.92 Å². The van der Waals surface area contributed by atoms with E-state index in [-0.39, 0.29) is 5.91 Å². The summed E-state index contributed by atoms with van der Waals surface area (Å²) in [5.74, 6) is -0.507. The molecule has 6 nitrogen and oxygen atoms in total. The lowest BCUT2D eigenvalue weighted by Gasteiger charge is -2.14. The zero-order valence-corrected chi connectivity index (χ0v) is 12.8. The summed E-state index contributed by atoms with van der Waals surface area (Å²) < 4.78 is 1.90. The number of aromatic nitrogens is 2. The number of rotatable bonds is 7. The molecular formula is C15H23N3O3. The van der Waals surface area contributed by atoms with Gasteiger partial charge in [-0.15, -0.1) is 0 Å². The first-order valence-electron chi connectivity index (χ1n) is 7.53. The number of aliphatic carboxylic acids is 1. The van der Waals surface area contributed by atoms with Crippen molar-refractivity contribution in [3.63, 3.8) is 0 Å². The summed E-state index contributed by atoms with van der Waals surface area (Å²) in [5.41, 5.74) is 1.49. The normalized spacial score (nSPS) is 16.0. The fraction of sp³-hybridized carbons (Fsp3) is 0.667. The van der Waals surface area contributed by atoms with E-state index in [1.54, 1.807) is 13.1 Å². The van der Waals surface area contributed by atoms with E-state index in [4.69, 9.17) is 5.11 Å². The minimum atomic E-state index is -1.01. The molecular weight excluding hydrogens is 270 g/mol. The van der Waals surface area contributed by atoms with Crippen molar-refractivity contribution in [2.75, 3.05) is 0 Å². The van der Waals surface area contributed by atoms with Crippen molar-refractivity contribution < 1.29 is 14.7 Å².